The molecule has 0 N–H and O–H groups in total. The number of ether oxygens (including phenoxy) is 1. The number of nitriles is 1. The summed E-state index contributed by atoms with van der Waals surface area (Å²) in [5.74, 6) is -0.339. The maximum absolute atomic E-state index is 11.6. The van der Waals surface area contributed by atoms with Crippen molar-refractivity contribution < 1.29 is 9.53 Å². The lowest BCUT2D eigenvalue weighted by Crippen LogP contribution is -2.01. The maximum Gasteiger partial charge on any atom is 0.348 e. The van der Waals surface area contributed by atoms with Crippen LogP contribution < -0.4 is 0 Å². The number of benzene rings is 1. The molecule has 17 heavy (non-hydrogen) atoms. The molecule has 2 aromatic rings. The van der Waals surface area contributed by atoms with Crippen LogP contribution in [-0.4, -0.2) is 12.6 Å². The van der Waals surface area contributed by atoms with E-state index in [1.165, 1.54) is 11.3 Å². The average molecular weight is 310 g/mol. The van der Waals surface area contributed by atoms with Crippen molar-refractivity contribution in [2.75, 3.05) is 6.61 Å². The highest BCUT2D eigenvalue weighted by Crippen LogP contribution is 2.33. The number of nitrogens with zero attached hydrogens (tertiary/aromatic N) is 1. The molecular weight excluding hydrogens is 302 g/mol. The van der Waals surface area contributed by atoms with Crippen molar-refractivity contribution >= 4 is 43.3 Å². The molecule has 86 valence electrons. The molecule has 3 nitrogen and oxygen atoms in total. The van der Waals surface area contributed by atoms with Gasteiger partial charge in [0.1, 0.15) is 10.9 Å². The molecule has 0 atom stereocenters. The lowest BCUT2D eigenvalue weighted by atomic mass is 10.2. The second kappa shape index (κ2) is 4.86. The third-order valence-electron chi connectivity index (χ3n) is 2.22. The molecule has 0 bridgehead atoms. The Balaban J connectivity index is 2.59. The topological polar surface area (TPSA) is 50.1 Å². The SMILES string of the molecule is CCOC(=O)c1cc2ccc(Br)c(C#N)c2s1. The monoisotopic (exact) mass is 309 g/mol. The number of carbonyl (C=O) groups is 1. The van der Waals surface area contributed by atoms with E-state index >= 15 is 0 Å². The Morgan fingerprint density at radius 2 is 2.35 bits per heavy atom. The van der Waals surface area contributed by atoms with E-state index in [0.717, 1.165) is 14.6 Å². The summed E-state index contributed by atoms with van der Waals surface area (Å²) in [6.07, 6.45) is 0. The number of halogens is 1. The van der Waals surface area contributed by atoms with E-state index in [4.69, 9.17) is 10.00 Å². The van der Waals surface area contributed by atoms with Crippen molar-refractivity contribution in [1.29, 1.82) is 5.26 Å². The second-order valence-electron chi connectivity index (χ2n) is 3.28. The number of carbonyl (C=O) groups excluding carboxylic acids is 1. The van der Waals surface area contributed by atoms with Crippen molar-refractivity contribution in [2.45, 2.75) is 6.92 Å². The van der Waals surface area contributed by atoms with Crippen molar-refractivity contribution in [3.8, 4) is 6.07 Å². The summed E-state index contributed by atoms with van der Waals surface area (Å²) in [6.45, 7) is 2.12. The van der Waals surface area contributed by atoms with Gasteiger partial charge >= 0.3 is 5.97 Å². The molecule has 5 heteroatoms. The van der Waals surface area contributed by atoms with Gasteiger partial charge in [0.05, 0.1) is 16.9 Å². The molecular formula is C12H8BrNO2S. The van der Waals surface area contributed by atoms with Gasteiger partial charge in [0.25, 0.3) is 0 Å². The van der Waals surface area contributed by atoms with E-state index in [-0.39, 0.29) is 5.97 Å². The molecule has 0 aliphatic heterocycles. The molecule has 0 fully saturated rings. The zero-order chi connectivity index (χ0) is 12.4. The predicted octanol–water partition coefficient (Wildman–Crippen LogP) is 3.71. The Kier molecular flexibility index (Phi) is 3.46. The largest absolute Gasteiger partial charge is 0.462 e. The fraction of sp³-hybridized carbons (Fsp3) is 0.167. The summed E-state index contributed by atoms with van der Waals surface area (Å²) in [5.41, 5.74) is 0.558. The number of rotatable bonds is 2. The first-order valence-electron chi connectivity index (χ1n) is 4.96. The van der Waals surface area contributed by atoms with E-state index in [9.17, 15) is 4.79 Å². The molecule has 1 aromatic heterocycles. The van der Waals surface area contributed by atoms with Gasteiger partial charge in [-0.2, -0.15) is 5.26 Å². The third-order valence-corrected chi connectivity index (χ3v) is 4.03. The third kappa shape index (κ3) is 2.19. The van der Waals surface area contributed by atoms with Gasteiger partial charge in [-0.05, 0) is 40.4 Å². The normalized spacial score (nSPS) is 10.2. The minimum atomic E-state index is -0.339. The van der Waals surface area contributed by atoms with E-state index in [1.54, 1.807) is 13.0 Å². The van der Waals surface area contributed by atoms with Crippen molar-refractivity contribution in [2.24, 2.45) is 0 Å². The first-order chi connectivity index (χ1) is 8.17. The van der Waals surface area contributed by atoms with Crippen LogP contribution in [0.15, 0.2) is 22.7 Å². The summed E-state index contributed by atoms with van der Waals surface area (Å²) >= 11 is 4.61. The van der Waals surface area contributed by atoms with Gasteiger partial charge in [0.15, 0.2) is 0 Å². The van der Waals surface area contributed by atoms with Gasteiger partial charge in [-0.15, -0.1) is 11.3 Å². The summed E-state index contributed by atoms with van der Waals surface area (Å²) < 4.78 is 6.49. The zero-order valence-corrected chi connectivity index (χ0v) is 11.4. The van der Waals surface area contributed by atoms with Crippen molar-refractivity contribution in [3.63, 3.8) is 0 Å². The Morgan fingerprint density at radius 3 is 3.00 bits per heavy atom. The van der Waals surface area contributed by atoms with Crippen LogP contribution in [0.3, 0.4) is 0 Å². The standard InChI is InChI=1S/C12H8BrNO2S/c1-2-16-12(15)10-5-7-3-4-9(13)8(6-14)11(7)17-10/h3-5H,2H2,1H3. The molecule has 0 unspecified atom stereocenters. The Labute approximate surface area is 111 Å². The van der Waals surface area contributed by atoms with Crippen LogP contribution in [0.1, 0.15) is 22.2 Å². The van der Waals surface area contributed by atoms with E-state index < -0.39 is 0 Å². The smallest absolute Gasteiger partial charge is 0.348 e. The van der Waals surface area contributed by atoms with Crippen LogP contribution in [0.4, 0.5) is 0 Å². The lowest BCUT2D eigenvalue weighted by Gasteiger charge is -1.96. The number of hydrogen-bond donors (Lipinski definition) is 0. The minimum Gasteiger partial charge on any atom is -0.462 e. The van der Waals surface area contributed by atoms with Crippen LogP contribution in [0.25, 0.3) is 10.1 Å². The summed E-state index contributed by atoms with van der Waals surface area (Å²) in [5, 5.41) is 9.97. The highest BCUT2D eigenvalue weighted by molar-refractivity contribution is 9.10. The molecule has 0 aliphatic carbocycles. The van der Waals surface area contributed by atoms with Gasteiger partial charge in [0, 0.05) is 4.47 Å². The minimum absolute atomic E-state index is 0.339. The van der Waals surface area contributed by atoms with Gasteiger partial charge in [-0.3, -0.25) is 0 Å². The quantitative estimate of drug-likeness (QED) is 0.795. The number of fused-ring (bicyclic) bond motifs is 1. The van der Waals surface area contributed by atoms with Crippen molar-refractivity contribution in [3.05, 3.63) is 33.1 Å². The van der Waals surface area contributed by atoms with Crippen LogP contribution >= 0.6 is 27.3 Å². The number of hydrogen-bond acceptors (Lipinski definition) is 4. The van der Waals surface area contributed by atoms with E-state index in [2.05, 4.69) is 22.0 Å². The van der Waals surface area contributed by atoms with Gasteiger partial charge < -0.3 is 4.74 Å². The zero-order valence-electron chi connectivity index (χ0n) is 8.99. The molecule has 2 rings (SSSR count). The summed E-state index contributed by atoms with van der Waals surface area (Å²) in [7, 11) is 0. The maximum atomic E-state index is 11.6. The van der Waals surface area contributed by atoms with E-state index in [1.807, 2.05) is 12.1 Å². The molecule has 1 aromatic carbocycles. The molecule has 0 saturated carbocycles. The fourth-order valence-electron chi connectivity index (χ4n) is 1.49. The molecule has 0 saturated heterocycles. The predicted molar refractivity (Wildman–Crippen MR) is 70.2 cm³/mol. The van der Waals surface area contributed by atoms with Crippen LogP contribution in [0, 0.1) is 11.3 Å². The molecule has 0 spiro atoms. The first kappa shape index (κ1) is 12.1. The molecule has 0 amide bonds. The summed E-state index contributed by atoms with van der Waals surface area (Å²) in [6, 6.07) is 7.57. The molecule has 1 heterocycles. The van der Waals surface area contributed by atoms with Crippen LogP contribution in [0.5, 0.6) is 0 Å². The van der Waals surface area contributed by atoms with Crippen molar-refractivity contribution in [1.82, 2.24) is 0 Å². The van der Waals surface area contributed by atoms with Gasteiger partial charge in [0.2, 0.25) is 0 Å². The highest BCUT2D eigenvalue weighted by Gasteiger charge is 2.14. The summed E-state index contributed by atoms with van der Waals surface area (Å²) in [4.78, 5) is 12.1. The van der Waals surface area contributed by atoms with Gasteiger partial charge in [-0.25, -0.2) is 4.79 Å². The lowest BCUT2D eigenvalue weighted by molar-refractivity contribution is 0.0532. The average Bonchev–Trinajstić information content (AvgIpc) is 2.73. The molecule has 0 radical (unpaired) electrons. The van der Waals surface area contributed by atoms with Crippen LogP contribution in [-0.2, 0) is 4.74 Å². The highest BCUT2D eigenvalue weighted by atomic mass is 79.9. The Morgan fingerprint density at radius 1 is 1.59 bits per heavy atom. The first-order valence-corrected chi connectivity index (χ1v) is 6.57. The fourth-order valence-corrected chi connectivity index (χ4v) is 3.09. The Bertz CT molecular complexity index is 627. The number of esters is 1. The second-order valence-corrected chi connectivity index (χ2v) is 5.19. The Hall–Kier alpha value is -1.38. The van der Waals surface area contributed by atoms with Gasteiger partial charge in [-0.1, -0.05) is 6.07 Å². The van der Waals surface area contributed by atoms with Crippen LogP contribution in [0.2, 0.25) is 0 Å². The van der Waals surface area contributed by atoms with E-state index in [0.29, 0.717) is 17.0 Å². The number of thiophene rings is 1. The molecule has 0 aliphatic rings.